The average Bonchev–Trinajstić information content (AvgIpc) is 3.01. The van der Waals surface area contributed by atoms with Crippen molar-refractivity contribution in [2.75, 3.05) is 32.1 Å². The highest BCUT2D eigenvalue weighted by Gasteiger charge is 2.39. The molecule has 3 rings (SSSR count). The Kier molecular flexibility index (Phi) is 5.25. The number of carbonyl (C=O) groups is 1. The summed E-state index contributed by atoms with van der Waals surface area (Å²) in [5.74, 6) is 1.02. The van der Waals surface area contributed by atoms with Crippen LogP contribution in [0.15, 0.2) is 5.38 Å². The van der Waals surface area contributed by atoms with Crippen molar-refractivity contribution >= 4 is 29.1 Å². The van der Waals surface area contributed by atoms with Crippen LogP contribution in [-0.2, 0) is 17.7 Å². The van der Waals surface area contributed by atoms with Crippen LogP contribution in [0.1, 0.15) is 30.5 Å². The fourth-order valence-corrected chi connectivity index (χ4v) is 5.13. The van der Waals surface area contributed by atoms with Gasteiger partial charge in [0, 0.05) is 42.2 Å². The van der Waals surface area contributed by atoms with E-state index in [1.54, 1.807) is 11.3 Å². The van der Waals surface area contributed by atoms with E-state index < -0.39 is 0 Å². The highest BCUT2D eigenvalue weighted by molar-refractivity contribution is 8.00. The van der Waals surface area contributed by atoms with Gasteiger partial charge in [-0.05, 0) is 19.3 Å². The molecule has 7 heteroatoms. The summed E-state index contributed by atoms with van der Waals surface area (Å²) in [7, 11) is 0. The molecule has 1 spiro atoms. The second kappa shape index (κ2) is 7.19. The number of aromatic nitrogens is 1. The summed E-state index contributed by atoms with van der Waals surface area (Å²) in [6.45, 7) is 5.93. The van der Waals surface area contributed by atoms with Crippen molar-refractivity contribution in [1.29, 1.82) is 0 Å². The maximum Gasteiger partial charge on any atom is 0.317 e. The molecule has 1 aromatic rings. The third kappa shape index (κ3) is 3.75. The third-order valence-electron chi connectivity index (χ3n) is 4.26. The van der Waals surface area contributed by atoms with E-state index in [0.29, 0.717) is 6.54 Å². The summed E-state index contributed by atoms with van der Waals surface area (Å²) in [6, 6.07) is 0.0391. The Hall–Kier alpha value is -0.790. The molecule has 0 saturated carbocycles. The predicted molar refractivity (Wildman–Crippen MR) is 90.5 cm³/mol. The van der Waals surface area contributed by atoms with Crippen LogP contribution in [0, 0.1) is 0 Å². The Balaban J connectivity index is 1.53. The van der Waals surface area contributed by atoms with Crippen LogP contribution in [-0.4, -0.2) is 52.7 Å². The van der Waals surface area contributed by atoms with Gasteiger partial charge in [0.05, 0.1) is 17.2 Å². The summed E-state index contributed by atoms with van der Waals surface area (Å²) >= 11 is 3.68. The van der Waals surface area contributed by atoms with Crippen molar-refractivity contribution in [3.63, 3.8) is 0 Å². The molecule has 0 bridgehead atoms. The van der Waals surface area contributed by atoms with Crippen LogP contribution in [0.4, 0.5) is 4.79 Å². The monoisotopic (exact) mass is 341 g/mol. The standard InChI is InChI=1S/C15H23N3O2S2/c1-2-13-17-12(10-21-13)9-16-14(19)18-5-8-22-15(11-18)3-6-20-7-4-15/h10H,2-9,11H2,1H3,(H,16,19). The minimum Gasteiger partial charge on any atom is -0.381 e. The van der Waals surface area contributed by atoms with Crippen LogP contribution >= 0.6 is 23.1 Å². The molecule has 1 N–H and O–H groups in total. The fraction of sp³-hybridized carbons (Fsp3) is 0.733. The number of ether oxygens (including phenoxy) is 1. The molecule has 0 aliphatic carbocycles. The number of urea groups is 1. The molecule has 2 aliphatic heterocycles. The number of nitrogens with zero attached hydrogens (tertiary/aromatic N) is 2. The maximum absolute atomic E-state index is 12.4. The van der Waals surface area contributed by atoms with Gasteiger partial charge in [-0.25, -0.2) is 9.78 Å². The van der Waals surface area contributed by atoms with E-state index in [1.165, 1.54) is 0 Å². The van der Waals surface area contributed by atoms with Crippen LogP contribution < -0.4 is 5.32 Å². The minimum absolute atomic E-state index is 0.0391. The Bertz CT molecular complexity index is 509. The molecule has 2 saturated heterocycles. The molecule has 122 valence electrons. The van der Waals surface area contributed by atoms with Gasteiger partial charge in [0.15, 0.2) is 0 Å². The smallest absolute Gasteiger partial charge is 0.317 e. The molecular weight excluding hydrogens is 318 g/mol. The summed E-state index contributed by atoms with van der Waals surface area (Å²) in [5.41, 5.74) is 0.961. The molecule has 3 heterocycles. The Morgan fingerprint density at radius 3 is 3.05 bits per heavy atom. The van der Waals surface area contributed by atoms with E-state index in [4.69, 9.17) is 4.74 Å². The molecule has 0 atom stereocenters. The number of hydrogen-bond donors (Lipinski definition) is 1. The normalized spacial score (nSPS) is 21.0. The lowest BCUT2D eigenvalue weighted by Crippen LogP contribution is -2.53. The molecule has 0 radical (unpaired) electrons. The summed E-state index contributed by atoms with van der Waals surface area (Å²) in [4.78, 5) is 18.9. The first-order valence-corrected chi connectivity index (χ1v) is 9.75. The van der Waals surface area contributed by atoms with Gasteiger partial charge in [-0.1, -0.05) is 6.92 Å². The van der Waals surface area contributed by atoms with Crippen molar-refractivity contribution < 1.29 is 9.53 Å². The Morgan fingerprint density at radius 1 is 1.50 bits per heavy atom. The molecule has 0 aromatic carbocycles. The number of amides is 2. The second-order valence-corrected chi connectivity index (χ2v) is 8.32. The maximum atomic E-state index is 12.4. The van der Waals surface area contributed by atoms with Crippen molar-refractivity contribution in [3.8, 4) is 0 Å². The number of thiazole rings is 1. The largest absolute Gasteiger partial charge is 0.381 e. The molecule has 5 nitrogen and oxygen atoms in total. The lowest BCUT2D eigenvalue weighted by molar-refractivity contribution is 0.0669. The van der Waals surface area contributed by atoms with E-state index in [-0.39, 0.29) is 10.8 Å². The molecular formula is C15H23N3O2S2. The van der Waals surface area contributed by atoms with Crippen LogP contribution in [0.5, 0.6) is 0 Å². The van der Waals surface area contributed by atoms with E-state index in [1.807, 2.05) is 22.0 Å². The summed E-state index contributed by atoms with van der Waals surface area (Å²) < 4.78 is 5.68. The Labute approximate surface area is 139 Å². The summed E-state index contributed by atoms with van der Waals surface area (Å²) in [5, 5.41) is 6.18. The fourth-order valence-electron chi connectivity index (χ4n) is 2.93. The zero-order valence-corrected chi connectivity index (χ0v) is 14.6. The second-order valence-electron chi connectivity index (χ2n) is 5.81. The molecule has 2 amide bonds. The first kappa shape index (κ1) is 16.1. The van der Waals surface area contributed by atoms with E-state index in [9.17, 15) is 4.79 Å². The summed E-state index contributed by atoms with van der Waals surface area (Å²) in [6.07, 6.45) is 3.05. The van der Waals surface area contributed by atoms with E-state index in [2.05, 4.69) is 17.2 Å². The number of hydrogen-bond acceptors (Lipinski definition) is 5. The SMILES string of the molecule is CCc1nc(CNC(=O)N2CCSC3(CCOCC3)C2)cs1. The van der Waals surface area contributed by atoms with Crippen molar-refractivity contribution in [1.82, 2.24) is 15.2 Å². The zero-order chi connectivity index (χ0) is 15.4. The first-order chi connectivity index (χ1) is 10.7. The lowest BCUT2D eigenvalue weighted by atomic mass is 9.98. The van der Waals surface area contributed by atoms with Gasteiger partial charge in [-0.15, -0.1) is 11.3 Å². The molecule has 1 aromatic heterocycles. The average molecular weight is 342 g/mol. The number of aryl methyl sites for hydroxylation is 1. The third-order valence-corrected chi connectivity index (χ3v) is 6.84. The van der Waals surface area contributed by atoms with Crippen LogP contribution in [0.2, 0.25) is 0 Å². The number of carbonyl (C=O) groups excluding carboxylic acids is 1. The van der Waals surface area contributed by atoms with Crippen molar-refractivity contribution in [2.45, 2.75) is 37.5 Å². The van der Waals surface area contributed by atoms with Crippen molar-refractivity contribution in [3.05, 3.63) is 16.1 Å². The number of thioether (sulfide) groups is 1. The lowest BCUT2D eigenvalue weighted by Gasteiger charge is -2.44. The quantitative estimate of drug-likeness (QED) is 0.918. The van der Waals surface area contributed by atoms with Crippen LogP contribution in [0.25, 0.3) is 0 Å². The van der Waals surface area contributed by atoms with Gasteiger partial charge in [0.1, 0.15) is 0 Å². The number of nitrogens with one attached hydrogen (secondary N) is 1. The van der Waals surface area contributed by atoms with E-state index >= 15 is 0 Å². The molecule has 2 fully saturated rings. The van der Waals surface area contributed by atoms with E-state index in [0.717, 1.165) is 62.0 Å². The minimum atomic E-state index is 0.0391. The first-order valence-electron chi connectivity index (χ1n) is 7.88. The molecule has 2 aliphatic rings. The predicted octanol–water partition coefficient (Wildman–Crippen LogP) is 2.51. The van der Waals surface area contributed by atoms with Crippen molar-refractivity contribution in [2.24, 2.45) is 0 Å². The highest BCUT2D eigenvalue weighted by Crippen LogP contribution is 2.39. The van der Waals surface area contributed by atoms with Gasteiger partial charge in [0.2, 0.25) is 0 Å². The molecule has 0 unspecified atom stereocenters. The zero-order valence-electron chi connectivity index (χ0n) is 13.0. The van der Waals surface area contributed by atoms with Gasteiger partial charge in [0.25, 0.3) is 0 Å². The van der Waals surface area contributed by atoms with Gasteiger partial charge >= 0.3 is 6.03 Å². The Morgan fingerprint density at radius 2 is 2.32 bits per heavy atom. The van der Waals surface area contributed by atoms with Gasteiger partial charge < -0.3 is 15.0 Å². The number of rotatable bonds is 3. The van der Waals surface area contributed by atoms with Crippen LogP contribution in [0.3, 0.4) is 0 Å². The van der Waals surface area contributed by atoms with Gasteiger partial charge in [-0.3, -0.25) is 0 Å². The highest BCUT2D eigenvalue weighted by atomic mass is 32.2. The van der Waals surface area contributed by atoms with Gasteiger partial charge in [-0.2, -0.15) is 11.8 Å². The topological polar surface area (TPSA) is 54.5 Å². The molecule has 22 heavy (non-hydrogen) atoms.